The van der Waals surface area contributed by atoms with Crippen molar-refractivity contribution in [1.29, 1.82) is 0 Å². The molecule has 0 saturated carbocycles. The average Bonchev–Trinajstić information content (AvgIpc) is 2.73. The van der Waals surface area contributed by atoms with Crippen molar-refractivity contribution in [1.82, 2.24) is 10.6 Å². The van der Waals surface area contributed by atoms with E-state index in [-0.39, 0.29) is 11.4 Å². The summed E-state index contributed by atoms with van der Waals surface area (Å²) in [5, 5.41) is 6.71. The second-order valence-corrected chi connectivity index (χ2v) is 5.21. The Labute approximate surface area is 102 Å². The number of benzene rings is 1. The fraction of sp³-hybridized carbons (Fsp3) is 0.500. The van der Waals surface area contributed by atoms with Gasteiger partial charge in [0.2, 0.25) is 5.91 Å². The van der Waals surface area contributed by atoms with E-state index in [1.807, 2.05) is 6.07 Å². The summed E-state index contributed by atoms with van der Waals surface area (Å²) >= 11 is 0. The van der Waals surface area contributed by atoms with E-state index in [0.717, 1.165) is 25.8 Å². The van der Waals surface area contributed by atoms with Crippen molar-refractivity contribution in [3.63, 3.8) is 0 Å². The number of nitrogens with one attached hydrogen (secondary N) is 2. The molecule has 2 aliphatic heterocycles. The maximum Gasteiger partial charge on any atom is 0.220 e. The molecule has 17 heavy (non-hydrogen) atoms. The standard InChI is InChI=1S/C14H18N2O/c17-13-7-9-14(16-13)8-6-12(15-10-14)11-4-2-1-3-5-11/h1-5,12,15H,6-10H2,(H,16,17)/t12-,14-/m0/s1. The quantitative estimate of drug-likeness (QED) is 0.772. The summed E-state index contributed by atoms with van der Waals surface area (Å²) in [5.41, 5.74) is 1.40. The molecule has 2 aliphatic rings. The third-order valence-electron chi connectivity index (χ3n) is 4.04. The molecule has 1 amide bonds. The molecule has 2 fully saturated rings. The largest absolute Gasteiger partial charge is 0.349 e. The van der Waals surface area contributed by atoms with Crippen molar-refractivity contribution in [3.8, 4) is 0 Å². The van der Waals surface area contributed by atoms with Gasteiger partial charge in [-0.3, -0.25) is 4.79 Å². The highest BCUT2D eigenvalue weighted by Gasteiger charge is 2.40. The first-order chi connectivity index (χ1) is 8.27. The summed E-state index contributed by atoms with van der Waals surface area (Å²) in [6.45, 7) is 0.901. The lowest BCUT2D eigenvalue weighted by molar-refractivity contribution is -0.119. The molecule has 0 radical (unpaired) electrons. The molecule has 0 bridgehead atoms. The first kappa shape index (κ1) is 10.8. The number of carbonyl (C=O) groups is 1. The molecule has 0 aliphatic carbocycles. The fourth-order valence-corrected chi connectivity index (χ4v) is 2.99. The van der Waals surface area contributed by atoms with Crippen LogP contribution in [0.4, 0.5) is 0 Å². The zero-order chi connectivity index (χ0) is 11.7. The van der Waals surface area contributed by atoms with Gasteiger partial charge in [0.05, 0.1) is 5.54 Å². The van der Waals surface area contributed by atoms with E-state index in [0.29, 0.717) is 12.5 Å². The molecule has 2 atom stereocenters. The highest BCUT2D eigenvalue weighted by Crippen LogP contribution is 2.33. The van der Waals surface area contributed by atoms with Crippen LogP contribution in [0.1, 0.15) is 37.3 Å². The zero-order valence-corrected chi connectivity index (χ0v) is 9.91. The van der Waals surface area contributed by atoms with Gasteiger partial charge in [-0.05, 0) is 24.8 Å². The van der Waals surface area contributed by atoms with Crippen LogP contribution in [0.2, 0.25) is 0 Å². The maximum atomic E-state index is 11.3. The van der Waals surface area contributed by atoms with Gasteiger partial charge >= 0.3 is 0 Å². The van der Waals surface area contributed by atoms with Gasteiger partial charge in [-0.15, -0.1) is 0 Å². The van der Waals surface area contributed by atoms with Gasteiger partial charge in [0, 0.05) is 19.0 Å². The van der Waals surface area contributed by atoms with Crippen LogP contribution in [0, 0.1) is 0 Å². The van der Waals surface area contributed by atoms with Crippen LogP contribution < -0.4 is 10.6 Å². The summed E-state index contributed by atoms with van der Waals surface area (Å²) in [6.07, 6.45) is 3.87. The SMILES string of the molecule is O=C1CC[C@]2(CC[C@@H](c3ccccc3)NC2)N1. The van der Waals surface area contributed by atoms with Gasteiger partial charge in [-0.25, -0.2) is 0 Å². The molecule has 90 valence electrons. The predicted octanol–water partition coefficient (Wildman–Crippen LogP) is 1.76. The Morgan fingerprint density at radius 3 is 2.59 bits per heavy atom. The maximum absolute atomic E-state index is 11.3. The molecule has 1 aromatic rings. The third kappa shape index (κ3) is 2.07. The number of rotatable bonds is 1. The number of carbonyl (C=O) groups excluding carboxylic acids is 1. The van der Waals surface area contributed by atoms with Crippen molar-refractivity contribution in [2.24, 2.45) is 0 Å². The molecule has 2 heterocycles. The average molecular weight is 230 g/mol. The topological polar surface area (TPSA) is 41.1 Å². The van der Waals surface area contributed by atoms with Crippen LogP contribution in [0.25, 0.3) is 0 Å². The van der Waals surface area contributed by atoms with Crippen molar-refractivity contribution in [2.75, 3.05) is 6.54 Å². The monoisotopic (exact) mass is 230 g/mol. The Bertz CT molecular complexity index is 407. The highest BCUT2D eigenvalue weighted by atomic mass is 16.2. The zero-order valence-electron chi connectivity index (χ0n) is 9.91. The minimum atomic E-state index is 0.0440. The predicted molar refractivity (Wildman–Crippen MR) is 66.5 cm³/mol. The Hall–Kier alpha value is -1.35. The third-order valence-corrected chi connectivity index (χ3v) is 4.04. The highest BCUT2D eigenvalue weighted by molar-refractivity contribution is 5.79. The minimum Gasteiger partial charge on any atom is -0.349 e. The Morgan fingerprint density at radius 1 is 1.18 bits per heavy atom. The van der Waals surface area contributed by atoms with Crippen molar-refractivity contribution >= 4 is 5.91 Å². The summed E-state index contributed by atoms with van der Waals surface area (Å²) < 4.78 is 0. The van der Waals surface area contributed by atoms with Crippen LogP contribution in [0.3, 0.4) is 0 Å². The first-order valence-corrected chi connectivity index (χ1v) is 6.37. The second-order valence-electron chi connectivity index (χ2n) is 5.21. The lowest BCUT2D eigenvalue weighted by Gasteiger charge is -2.38. The molecule has 2 N–H and O–H groups in total. The molecule has 3 rings (SSSR count). The molecule has 1 aromatic carbocycles. The van der Waals surface area contributed by atoms with E-state index < -0.39 is 0 Å². The fourth-order valence-electron chi connectivity index (χ4n) is 2.99. The lowest BCUT2D eigenvalue weighted by atomic mass is 9.84. The lowest BCUT2D eigenvalue weighted by Crippen LogP contribution is -2.53. The minimum absolute atomic E-state index is 0.0440. The van der Waals surface area contributed by atoms with E-state index in [9.17, 15) is 4.79 Å². The van der Waals surface area contributed by atoms with Gasteiger partial charge in [-0.2, -0.15) is 0 Å². The van der Waals surface area contributed by atoms with Crippen molar-refractivity contribution in [2.45, 2.75) is 37.3 Å². The van der Waals surface area contributed by atoms with Gasteiger partial charge in [-0.1, -0.05) is 30.3 Å². The van der Waals surface area contributed by atoms with Crippen LogP contribution in [-0.2, 0) is 4.79 Å². The van der Waals surface area contributed by atoms with E-state index >= 15 is 0 Å². The molecule has 2 saturated heterocycles. The summed E-state index contributed by atoms with van der Waals surface area (Å²) in [7, 11) is 0. The Morgan fingerprint density at radius 2 is 2.00 bits per heavy atom. The van der Waals surface area contributed by atoms with Crippen LogP contribution in [-0.4, -0.2) is 18.0 Å². The van der Waals surface area contributed by atoms with Crippen LogP contribution >= 0.6 is 0 Å². The van der Waals surface area contributed by atoms with Crippen molar-refractivity contribution in [3.05, 3.63) is 35.9 Å². The van der Waals surface area contributed by atoms with E-state index in [2.05, 4.69) is 34.9 Å². The molecular formula is C14H18N2O. The van der Waals surface area contributed by atoms with Gasteiger partial charge in [0.25, 0.3) is 0 Å². The number of hydrogen-bond acceptors (Lipinski definition) is 2. The molecule has 3 nitrogen and oxygen atoms in total. The van der Waals surface area contributed by atoms with Crippen LogP contribution in [0.5, 0.6) is 0 Å². The molecule has 0 aromatic heterocycles. The van der Waals surface area contributed by atoms with Crippen molar-refractivity contribution < 1.29 is 4.79 Å². The smallest absolute Gasteiger partial charge is 0.220 e. The number of amides is 1. The van der Waals surface area contributed by atoms with Gasteiger partial charge < -0.3 is 10.6 Å². The molecule has 1 spiro atoms. The van der Waals surface area contributed by atoms with Gasteiger partial charge in [0.1, 0.15) is 0 Å². The van der Waals surface area contributed by atoms with E-state index in [4.69, 9.17) is 0 Å². The van der Waals surface area contributed by atoms with Crippen LogP contribution in [0.15, 0.2) is 30.3 Å². The normalized spacial score (nSPS) is 32.7. The summed E-state index contributed by atoms with van der Waals surface area (Å²) in [5.74, 6) is 0.213. The molecule has 3 heteroatoms. The van der Waals surface area contributed by atoms with Gasteiger partial charge in [0.15, 0.2) is 0 Å². The van der Waals surface area contributed by atoms with E-state index in [1.165, 1.54) is 5.56 Å². The molecular weight excluding hydrogens is 212 g/mol. The number of hydrogen-bond donors (Lipinski definition) is 2. The second kappa shape index (κ2) is 4.15. The summed E-state index contributed by atoms with van der Waals surface area (Å²) in [4.78, 5) is 11.3. The summed E-state index contributed by atoms with van der Waals surface area (Å²) in [6, 6.07) is 11.0. The van der Waals surface area contributed by atoms with E-state index in [1.54, 1.807) is 0 Å². The Kier molecular flexibility index (Phi) is 2.63. The first-order valence-electron chi connectivity index (χ1n) is 6.37. The molecule has 0 unspecified atom stereocenters. The number of piperidine rings is 1. The Balaban J connectivity index is 1.67.